The van der Waals surface area contributed by atoms with E-state index in [0.29, 0.717) is 5.76 Å². The van der Waals surface area contributed by atoms with Crippen molar-refractivity contribution in [1.82, 2.24) is 9.46 Å². The average Bonchev–Trinajstić information content (AvgIpc) is 3.07. The Morgan fingerprint density at radius 3 is 2.54 bits per heavy atom. The van der Waals surface area contributed by atoms with E-state index in [1.165, 1.54) is 29.6 Å². The molecule has 1 aromatic heterocycles. The molecule has 0 unspecified atom stereocenters. The van der Waals surface area contributed by atoms with Crippen LogP contribution in [0.3, 0.4) is 0 Å². The second kappa shape index (κ2) is 8.14. The van der Waals surface area contributed by atoms with Gasteiger partial charge in [-0.2, -0.15) is 4.31 Å². The Hall–Kier alpha value is -2.68. The summed E-state index contributed by atoms with van der Waals surface area (Å²) in [4.78, 5) is 12.5. The highest BCUT2D eigenvalue weighted by atomic mass is 35.5. The molecule has 3 rings (SSSR count). The zero-order chi connectivity index (χ0) is 20.3. The summed E-state index contributed by atoms with van der Waals surface area (Å²) in [6.45, 7) is 1.89. The molecule has 0 aliphatic heterocycles. The Morgan fingerprint density at radius 2 is 1.89 bits per heavy atom. The van der Waals surface area contributed by atoms with Crippen molar-refractivity contribution in [2.45, 2.75) is 18.4 Å². The van der Waals surface area contributed by atoms with Crippen molar-refractivity contribution >= 4 is 33.3 Å². The molecule has 1 N–H and O–H groups in total. The number of halogens is 1. The fourth-order valence-electron chi connectivity index (χ4n) is 2.55. The molecular weight excluding hydrogens is 402 g/mol. The molecule has 0 fully saturated rings. The smallest absolute Gasteiger partial charge is 0.258 e. The first-order valence-electron chi connectivity index (χ1n) is 8.32. The van der Waals surface area contributed by atoms with Crippen molar-refractivity contribution in [3.63, 3.8) is 0 Å². The van der Waals surface area contributed by atoms with Crippen molar-refractivity contribution in [1.29, 1.82) is 0 Å². The number of benzene rings is 2. The van der Waals surface area contributed by atoms with Gasteiger partial charge in [0.1, 0.15) is 5.76 Å². The summed E-state index contributed by atoms with van der Waals surface area (Å²) in [6, 6.07) is 14.8. The van der Waals surface area contributed by atoms with Crippen LogP contribution in [-0.2, 0) is 16.6 Å². The van der Waals surface area contributed by atoms with E-state index in [-0.39, 0.29) is 27.8 Å². The first kappa shape index (κ1) is 20.1. The van der Waals surface area contributed by atoms with Gasteiger partial charge in [-0.15, -0.1) is 0 Å². The molecule has 0 spiro atoms. The summed E-state index contributed by atoms with van der Waals surface area (Å²) >= 11 is 6.11. The number of amides is 1. The minimum atomic E-state index is -3.82. The normalized spacial score (nSPS) is 11.6. The maximum Gasteiger partial charge on any atom is 0.258 e. The number of sulfonamides is 1. The number of nitrogens with zero attached hydrogens (tertiary/aromatic N) is 2. The number of carbonyl (C=O) groups excluding carboxylic acids is 1. The fourth-order valence-corrected chi connectivity index (χ4v) is 3.94. The van der Waals surface area contributed by atoms with Crippen LogP contribution < -0.4 is 5.32 Å². The zero-order valence-corrected chi connectivity index (χ0v) is 16.8. The Labute approximate surface area is 168 Å². The topological polar surface area (TPSA) is 92.5 Å². The monoisotopic (exact) mass is 419 g/mol. The maximum absolute atomic E-state index is 12.9. The molecule has 0 aliphatic carbocycles. The predicted molar refractivity (Wildman–Crippen MR) is 106 cm³/mol. The van der Waals surface area contributed by atoms with Crippen LogP contribution in [0.1, 0.15) is 21.7 Å². The second-order valence-electron chi connectivity index (χ2n) is 6.17. The molecule has 7 nitrogen and oxygen atoms in total. The lowest BCUT2D eigenvalue weighted by molar-refractivity contribution is 0.102. The minimum absolute atomic E-state index is 0.0245. The molecule has 9 heteroatoms. The van der Waals surface area contributed by atoms with Crippen LogP contribution in [0.15, 0.2) is 64.0 Å². The second-order valence-corrected chi connectivity index (χ2v) is 8.62. The third-order valence-electron chi connectivity index (χ3n) is 4.01. The van der Waals surface area contributed by atoms with Gasteiger partial charge in [0.25, 0.3) is 5.91 Å². The first-order valence-corrected chi connectivity index (χ1v) is 10.1. The van der Waals surface area contributed by atoms with Gasteiger partial charge in [0.15, 0.2) is 5.82 Å². The van der Waals surface area contributed by atoms with Crippen molar-refractivity contribution in [2.24, 2.45) is 0 Å². The SMILES string of the molecule is Cc1cc(NC(=O)c2cc(S(=O)(=O)N(C)Cc3ccccc3)ccc2Cl)no1. The van der Waals surface area contributed by atoms with Crippen molar-refractivity contribution in [3.8, 4) is 0 Å². The van der Waals surface area contributed by atoms with Crippen LogP contribution >= 0.6 is 11.6 Å². The standard InChI is InChI=1S/C19H18ClN3O4S/c1-13-10-18(22-27-13)21-19(24)16-11-15(8-9-17(16)20)28(25,26)23(2)12-14-6-4-3-5-7-14/h3-11H,12H2,1-2H3,(H,21,22,24). The third kappa shape index (κ3) is 4.41. The summed E-state index contributed by atoms with van der Waals surface area (Å²) < 4.78 is 31.9. The van der Waals surface area contributed by atoms with Crippen LogP contribution in [0.2, 0.25) is 5.02 Å². The van der Waals surface area contributed by atoms with E-state index in [4.69, 9.17) is 16.1 Å². The number of hydrogen-bond donors (Lipinski definition) is 1. The van der Waals surface area contributed by atoms with E-state index < -0.39 is 15.9 Å². The number of anilines is 1. The molecule has 0 radical (unpaired) electrons. The van der Waals surface area contributed by atoms with Crippen molar-refractivity contribution in [3.05, 3.63) is 76.5 Å². The lowest BCUT2D eigenvalue weighted by atomic mass is 10.2. The molecule has 0 aliphatic rings. The highest BCUT2D eigenvalue weighted by Crippen LogP contribution is 2.24. The molecular formula is C19H18ClN3O4S. The van der Waals surface area contributed by atoms with Crippen molar-refractivity contribution in [2.75, 3.05) is 12.4 Å². The summed E-state index contributed by atoms with van der Waals surface area (Å²) in [5, 5.41) is 6.34. The molecule has 0 bridgehead atoms. The van der Waals surface area contributed by atoms with Crippen LogP contribution in [-0.4, -0.2) is 30.8 Å². The van der Waals surface area contributed by atoms with Gasteiger partial charge in [0.2, 0.25) is 10.0 Å². The molecule has 0 atom stereocenters. The molecule has 3 aromatic rings. The number of aryl methyl sites for hydroxylation is 1. The minimum Gasteiger partial charge on any atom is -0.360 e. The summed E-state index contributed by atoms with van der Waals surface area (Å²) in [6.07, 6.45) is 0. The Kier molecular flexibility index (Phi) is 5.83. The van der Waals surface area contributed by atoms with Gasteiger partial charge in [-0.3, -0.25) is 4.79 Å². The van der Waals surface area contributed by atoms with E-state index in [1.807, 2.05) is 30.3 Å². The number of aromatic nitrogens is 1. The number of rotatable bonds is 6. The van der Waals surface area contributed by atoms with E-state index in [2.05, 4.69) is 10.5 Å². The lowest BCUT2D eigenvalue weighted by Crippen LogP contribution is -2.27. The molecule has 0 saturated heterocycles. The maximum atomic E-state index is 12.9. The van der Waals surface area contributed by atoms with E-state index in [9.17, 15) is 13.2 Å². The van der Waals surface area contributed by atoms with Gasteiger partial charge in [-0.05, 0) is 30.7 Å². The van der Waals surface area contributed by atoms with Gasteiger partial charge >= 0.3 is 0 Å². The van der Waals surface area contributed by atoms with E-state index in [0.717, 1.165) is 5.56 Å². The molecule has 1 heterocycles. The van der Waals surface area contributed by atoms with Crippen LogP contribution in [0.4, 0.5) is 5.82 Å². The average molecular weight is 420 g/mol. The molecule has 146 valence electrons. The van der Waals surface area contributed by atoms with Gasteiger partial charge in [-0.1, -0.05) is 47.1 Å². The van der Waals surface area contributed by atoms with Gasteiger partial charge in [0.05, 0.1) is 15.5 Å². The predicted octanol–water partition coefficient (Wildman–Crippen LogP) is 3.71. The lowest BCUT2D eigenvalue weighted by Gasteiger charge is -2.18. The summed E-state index contributed by atoms with van der Waals surface area (Å²) in [5.74, 6) is 0.161. The van der Waals surface area contributed by atoms with Crippen molar-refractivity contribution < 1.29 is 17.7 Å². The summed E-state index contributed by atoms with van der Waals surface area (Å²) in [5.41, 5.74) is 0.874. The van der Waals surface area contributed by atoms with Crippen LogP contribution in [0, 0.1) is 6.92 Å². The Bertz CT molecular complexity index is 1100. The largest absolute Gasteiger partial charge is 0.360 e. The highest BCUT2D eigenvalue weighted by Gasteiger charge is 2.23. The van der Waals surface area contributed by atoms with Gasteiger partial charge < -0.3 is 9.84 Å². The summed E-state index contributed by atoms with van der Waals surface area (Å²) in [7, 11) is -2.34. The van der Waals surface area contributed by atoms with Gasteiger partial charge in [0, 0.05) is 19.7 Å². The number of hydrogen-bond acceptors (Lipinski definition) is 5. The van der Waals surface area contributed by atoms with E-state index in [1.54, 1.807) is 13.0 Å². The Balaban J connectivity index is 1.85. The highest BCUT2D eigenvalue weighted by molar-refractivity contribution is 7.89. The van der Waals surface area contributed by atoms with Crippen LogP contribution in [0.25, 0.3) is 0 Å². The molecule has 2 aromatic carbocycles. The fraction of sp³-hybridized carbons (Fsp3) is 0.158. The third-order valence-corrected chi connectivity index (χ3v) is 6.14. The first-order chi connectivity index (χ1) is 13.3. The molecule has 0 saturated carbocycles. The molecule has 1 amide bonds. The van der Waals surface area contributed by atoms with Crippen LogP contribution in [0.5, 0.6) is 0 Å². The Morgan fingerprint density at radius 1 is 1.18 bits per heavy atom. The quantitative estimate of drug-likeness (QED) is 0.657. The van der Waals surface area contributed by atoms with E-state index >= 15 is 0 Å². The van der Waals surface area contributed by atoms with Gasteiger partial charge in [-0.25, -0.2) is 8.42 Å². The zero-order valence-electron chi connectivity index (χ0n) is 15.2. The number of nitrogens with one attached hydrogen (secondary N) is 1. The number of carbonyl (C=O) groups is 1. The molecule has 28 heavy (non-hydrogen) atoms.